The van der Waals surface area contributed by atoms with Crippen LogP contribution >= 0.6 is 15.9 Å². The molecular formula is C7H7BrN4. The molecule has 2 aromatic rings. The van der Waals surface area contributed by atoms with Crippen LogP contribution in [0.4, 0.5) is 5.82 Å². The number of rotatable bonds is 0. The number of nitrogens with two attached hydrogens (primary N) is 1. The summed E-state index contributed by atoms with van der Waals surface area (Å²) in [4.78, 5) is 8.31. The van der Waals surface area contributed by atoms with Gasteiger partial charge in [0.15, 0.2) is 5.65 Å². The largest absolute Gasteiger partial charge is 0.383 e. The third-order valence-corrected chi connectivity index (χ3v) is 2.04. The van der Waals surface area contributed by atoms with E-state index in [1.807, 2.05) is 6.92 Å². The Bertz CT molecular complexity index is 434. The van der Waals surface area contributed by atoms with E-state index in [2.05, 4.69) is 25.9 Å². The van der Waals surface area contributed by atoms with Gasteiger partial charge >= 0.3 is 0 Å². The van der Waals surface area contributed by atoms with E-state index in [-0.39, 0.29) is 0 Å². The molecule has 0 unspecified atom stereocenters. The molecule has 0 aliphatic rings. The first-order chi connectivity index (χ1) is 5.68. The molecule has 4 nitrogen and oxygen atoms in total. The van der Waals surface area contributed by atoms with Gasteiger partial charge in [0.1, 0.15) is 10.4 Å². The Labute approximate surface area is 77.6 Å². The lowest BCUT2D eigenvalue weighted by Gasteiger charge is -1.99. The van der Waals surface area contributed by atoms with Crippen LogP contribution in [0.25, 0.3) is 5.65 Å². The first kappa shape index (κ1) is 7.54. The van der Waals surface area contributed by atoms with Crippen LogP contribution in [0, 0.1) is 6.92 Å². The fourth-order valence-electron chi connectivity index (χ4n) is 1.12. The first-order valence-corrected chi connectivity index (χ1v) is 4.23. The van der Waals surface area contributed by atoms with Gasteiger partial charge in [-0.1, -0.05) is 0 Å². The van der Waals surface area contributed by atoms with Crippen LogP contribution in [0.5, 0.6) is 0 Å². The Morgan fingerprint density at radius 1 is 1.58 bits per heavy atom. The van der Waals surface area contributed by atoms with E-state index in [0.717, 1.165) is 15.9 Å². The molecule has 5 heteroatoms. The molecule has 2 N–H and O–H groups in total. The van der Waals surface area contributed by atoms with Gasteiger partial charge in [-0.05, 0) is 22.9 Å². The van der Waals surface area contributed by atoms with E-state index >= 15 is 0 Å². The van der Waals surface area contributed by atoms with E-state index in [1.165, 1.54) is 0 Å². The quantitative estimate of drug-likeness (QED) is 0.739. The smallest absolute Gasteiger partial charge is 0.159 e. The van der Waals surface area contributed by atoms with Gasteiger partial charge in [0, 0.05) is 6.20 Å². The standard InChI is InChI=1S/C7H7BrN4/c1-4-7-10-2-6(9)12(7)3-5(8)11-4/h2-3H,9H2,1H3. The molecular weight excluding hydrogens is 220 g/mol. The Hall–Kier alpha value is -1.10. The van der Waals surface area contributed by atoms with Crippen LogP contribution in [0.2, 0.25) is 0 Å². The summed E-state index contributed by atoms with van der Waals surface area (Å²) in [6.45, 7) is 1.90. The monoisotopic (exact) mass is 226 g/mol. The van der Waals surface area contributed by atoms with Crippen molar-refractivity contribution in [1.29, 1.82) is 0 Å². The fourth-order valence-corrected chi connectivity index (χ4v) is 1.59. The number of aryl methyl sites for hydroxylation is 1. The molecule has 0 aliphatic heterocycles. The maximum absolute atomic E-state index is 5.67. The van der Waals surface area contributed by atoms with Crippen molar-refractivity contribution in [2.24, 2.45) is 0 Å². The Kier molecular flexibility index (Phi) is 1.54. The average molecular weight is 227 g/mol. The highest BCUT2D eigenvalue weighted by Gasteiger charge is 2.04. The Balaban J connectivity index is 2.92. The van der Waals surface area contributed by atoms with E-state index in [9.17, 15) is 0 Å². The number of hydrogen-bond acceptors (Lipinski definition) is 3. The molecule has 0 fully saturated rings. The molecule has 0 saturated carbocycles. The number of halogens is 1. The van der Waals surface area contributed by atoms with Crippen LogP contribution in [-0.4, -0.2) is 14.4 Å². The summed E-state index contributed by atoms with van der Waals surface area (Å²) < 4.78 is 2.56. The van der Waals surface area contributed by atoms with Crippen molar-refractivity contribution in [3.8, 4) is 0 Å². The normalized spacial score (nSPS) is 10.8. The number of imidazole rings is 1. The third-order valence-electron chi connectivity index (χ3n) is 1.66. The summed E-state index contributed by atoms with van der Waals surface area (Å²) in [6, 6.07) is 0. The van der Waals surface area contributed by atoms with E-state index in [1.54, 1.807) is 16.8 Å². The van der Waals surface area contributed by atoms with Crippen LogP contribution in [0.3, 0.4) is 0 Å². The zero-order valence-electron chi connectivity index (χ0n) is 6.45. The predicted molar refractivity (Wildman–Crippen MR) is 49.8 cm³/mol. The lowest BCUT2D eigenvalue weighted by molar-refractivity contribution is 1.06. The molecule has 2 heterocycles. The van der Waals surface area contributed by atoms with Gasteiger partial charge in [0.05, 0.1) is 11.9 Å². The molecule has 0 radical (unpaired) electrons. The molecule has 0 bridgehead atoms. The molecule has 0 aromatic carbocycles. The highest BCUT2D eigenvalue weighted by molar-refractivity contribution is 9.10. The van der Waals surface area contributed by atoms with E-state index in [4.69, 9.17) is 5.73 Å². The molecule has 62 valence electrons. The van der Waals surface area contributed by atoms with Gasteiger partial charge < -0.3 is 5.73 Å². The highest BCUT2D eigenvalue weighted by atomic mass is 79.9. The lowest BCUT2D eigenvalue weighted by Crippen LogP contribution is -1.96. The molecule has 0 spiro atoms. The number of nitrogens with zero attached hydrogens (tertiary/aromatic N) is 3. The maximum atomic E-state index is 5.67. The zero-order chi connectivity index (χ0) is 8.72. The van der Waals surface area contributed by atoms with E-state index in [0.29, 0.717) is 5.82 Å². The topological polar surface area (TPSA) is 56.2 Å². The number of nitrogen functional groups attached to an aromatic ring is 1. The minimum Gasteiger partial charge on any atom is -0.383 e. The van der Waals surface area contributed by atoms with Crippen molar-refractivity contribution in [2.45, 2.75) is 6.92 Å². The summed E-state index contributed by atoms with van der Waals surface area (Å²) in [6.07, 6.45) is 3.42. The maximum Gasteiger partial charge on any atom is 0.159 e. The molecule has 0 atom stereocenters. The number of fused-ring (bicyclic) bond motifs is 1. The Morgan fingerprint density at radius 3 is 3.08 bits per heavy atom. The van der Waals surface area contributed by atoms with Crippen molar-refractivity contribution in [3.63, 3.8) is 0 Å². The fraction of sp³-hybridized carbons (Fsp3) is 0.143. The predicted octanol–water partition coefficient (Wildman–Crippen LogP) is 1.38. The number of hydrogen-bond donors (Lipinski definition) is 1. The summed E-state index contributed by atoms with van der Waals surface area (Å²) in [7, 11) is 0. The second kappa shape index (κ2) is 2.45. The summed E-state index contributed by atoms with van der Waals surface area (Å²) in [5.41, 5.74) is 7.33. The molecule has 2 rings (SSSR count). The summed E-state index contributed by atoms with van der Waals surface area (Å²) in [5, 5.41) is 0. The van der Waals surface area contributed by atoms with Gasteiger partial charge in [-0.15, -0.1) is 0 Å². The van der Waals surface area contributed by atoms with Gasteiger partial charge in [-0.3, -0.25) is 4.40 Å². The Morgan fingerprint density at radius 2 is 2.33 bits per heavy atom. The van der Waals surface area contributed by atoms with Gasteiger partial charge in [-0.25, -0.2) is 9.97 Å². The number of aromatic nitrogens is 3. The SMILES string of the molecule is Cc1nc(Br)cn2c(N)cnc12. The van der Waals surface area contributed by atoms with Crippen molar-refractivity contribution >= 4 is 27.4 Å². The van der Waals surface area contributed by atoms with Crippen molar-refractivity contribution in [3.05, 3.63) is 22.7 Å². The lowest BCUT2D eigenvalue weighted by atomic mass is 10.5. The highest BCUT2D eigenvalue weighted by Crippen LogP contribution is 2.14. The molecule has 12 heavy (non-hydrogen) atoms. The number of anilines is 1. The summed E-state index contributed by atoms with van der Waals surface area (Å²) in [5.74, 6) is 0.621. The molecule has 0 aliphatic carbocycles. The minimum absolute atomic E-state index is 0.621. The van der Waals surface area contributed by atoms with Crippen LogP contribution < -0.4 is 5.73 Å². The van der Waals surface area contributed by atoms with Gasteiger partial charge in [-0.2, -0.15) is 0 Å². The van der Waals surface area contributed by atoms with Crippen LogP contribution in [0.15, 0.2) is 17.0 Å². The average Bonchev–Trinajstić information content (AvgIpc) is 2.33. The van der Waals surface area contributed by atoms with Crippen LogP contribution in [-0.2, 0) is 0 Å². The van der Waals surface area contributed by atoms with Gasteiger partial charge in [0.25, 0.3) is 0 Å². The molecule has 0 saturated heterocycles. The molecule has 2 aromatic heterocycles. The minimum atomic E-state index is 0.621. The second-order valence-electron chi connectivity index (χ2n) is 2.53. The zero-order valence-corrected chi connectivity index (χ0v) is 8.04. The van der Waals surface area contributed by atoms with Crippen molar-refractivity contribution in [1.82, 2.24) is 14.4 Å². The molecule has 0 amide bonds. The second-order valence-corrected chi connectivity index (χ2v) is 3.34. The van der Waals surface area contributed by atoms with E-state index < -0.39 is 0 Å². The first-order valence-electron chi connectivity index (χ1n) is 3.44. The van der Waals surface area contributed by atoms with Gasteiger partial charge in [0.2, 0.25) is 0 Å². The third kappa shape index (κ3) is 0.972. The van der Waals surface area contributed by atoms with Crippen molar-refractivity contribution in [2.75, 3.05) is 5.73 Å². The van der Waals surface area contributed by atoms with Crippen molar-refractivity contribution < 1.29 is 0 Å². The summed E-state index contributed by atoms with van der Waals surface area (Å²) >= 11 is 3.29. The van der Waals surface area contributed by atoms with Crippen LogP contribution in [0.1, 0.15) is 5.69 Å².